The van der Waals surface area contributed by atoms with Crippen molar-refractivity contribution in [1.82, 2.24) is 9.38 Å². The number of nitrogens with zero attached hydrogens (tertiary/aromatic N) is 2. The van der Waals surface area contributed by atoms with Gasteiger partial charge in [-0.05, 0) is 42.7 Å². The summed E-state index contributed by atoms with van der Waals surface area (Å²) in [4.78, 5) is 4.65. The van der Waals surface area contributed by atoms with Crippen LogP contribution in [-0.2, 0) is 6.61 Å². The van der Waals surface area contributed by atoms with Crippen LogP contribution in [-0.4, -0.2) is 21.6 Å². The highest BCUT2D eigenvalue weighted by molar-refractivity contribution is 5.72. The number of rotatable bonds is 3. The summed E-state index contributed by atoms with van der Waals surface area (Å²) in [6.07, 6.45) is 3.85. The second-order valence-corrected chi connectivity index (χ2v) is 5.25. The number of fused-ring (bicyclic) bond motifs is 1. The van der Waals surface area contributed by atoms with Gasteiger partial charge in [-0.1, -0.05) is 12.1 Å². The minimum absolute atomic E-state index is 0.0241. The molecule has 0 aliphatic rings. The van der Waals surface area contributed by atoms with Crippen molar-refractivity contribution >= 4 is 5.65 Å². The molecule has 0 aliphatic heterocycles. The average molecular weight is 282 g/mol. The van der Waals surface area contributed by atoms with Gasteiger partial charge >= 0.3 is 0 Å². The lowest BCUT2D eigenvalue weighted by molar-refractivity contribution is 0.281. The number of hydrogen-bond donors (Lipinski definition) is 1. The fourth-order valence-corrected chi connectivity index (χ4v) is 2.68. The van der Waals surface area contributed by atoms with Crippen molar-refractivity contribution in [1.29, 1.82) is 0 Å². The SMILES string of the molecule is COc1c(C)cc(C)cc1-c1cn2cc(CO)ccc2n1. The number of ether oxygens (including phenoxy) is 1. The summed E-state index contributed by atoms with van der Waals surface area (Å²) in [6, 6.07) is 7.97. The van der Waals surface area contributed by atoms with Crippen LogP contribution in [0.5, 0.6) is 5.75 Å². The molecule has 21 heavy (non-hydrogen) atoms. The van der Waals surface area contributed by atoms with Gasteiger partial charge in [0.15, 0.2) is 0 Å². The maximum absolute atomic E-state index is 9.22. The minimum Gasteiger partial charge on any atom is -0.496 e. The first-order valence-electron chi connectivity index (χ1n) is 6.86. The smallest absolute Gasteiger partial charge is 0.137 e. The number of imidazole rings is 1. The van der Waals surface area contributed by atoms with Gasteiger partial charge in [0, 0.05) is 18.0 Å². The predicted molar refractivity (Wildman–Crippen MR) is 82.6 cm³/mol. The van der Waals surface area contributed by atoms with Gasteiger partial charge in [0.25, 0.3) is 0 Å². The maximum atomic E-state index is 9.22. The molecule has 2 aromatic heterocycles. The third-order valence-electron chi connectivity index (χ3n) is 3.59. The Morgan fingerprint density at radius 2 is 2.00 bits per heavy atom. The molecule has 3 aromatic rings. The standard InChI is InChI=1S/C17H18N2O2/c1-11-6-12(2)17(21-3)14(7-11)15-9-19-8-13(10-20)4-5-16(19)18-15/h4-9,20H,10H2,1-3H3. The van der Waals surface area contributed by atoms with E-state index in [0.29, 0.717) is 0 Å². The average Bonchev–Trinajstić information content (AvgIpc) is 2.89. The van der Waals surface area contributed by atoms with E-state index in [4.69, 9.17) is 4.74 Å². The zero-order chi connectivity index (χ0) is 15.0. The molecule has 0 spiro atoms. The Bertz CT molecular complexity index is 806. The zero-order valence-corrected chi connectivity index (χ0v) is 12.4. The van der Waals surface area contributed by atoms with Crippen LogP contribution in [0.4, 0.5) is 0 Å². The maximum Gasteiger partial charge on any atom is 0.137 e. The number of pyridine rings is 1. The number of aryl methyl sites for hydroxylation is 2. The number of hydrogen-bond acceptors (Lipinski definition) is 3. The highest BCUT2D eigenvalue weighted by Gasteiger charge is 2.13. The van der Waals surface area contributed by atoms with Crippen molar-refractivity contribution in [2.24, 2.45) is 0 Å². The van der Waals surface area contributed by atoms with Crippen molar-refractivity contribution in [3.63, 3.8) is 0 Å². The Balaban J connectivity index is 2.20. The highest BCUT2D eigenvalue weighted by atomic mass is 16.5. The van der Waals surface area contributed by atoms with Crippen molar-refractivity contribution in [2.75, 3.05) is 7.11 Å². The van der Waals surface area contributed by atoms with Gasteiger partial charge in [0.2, 0.25) is 0 Å². The van der Waals surface area contributed by atoms with Crippen LogP contribution in [0, 0.1) is 13.8 Å². The van der Waals surface area contributed by atoms with Crippen LogP contribution in [0.15, 0.2) is 36.7 Å². The molecule has 0 unspecified atom stereocenters. The topological polar surface area (TPSA) is 46.8 Å². The number of methoxy groups -OCH3 is 1. The van der Waals surface area contributed by atoms with Gasteiger partial charge in [-0.15, -0.1) is 0 Å². The van der Waals surface area contributed by atoms with E-state index in [2.05, 4.69) is 24.0 Å². The highest BCUT2D eigenvalue weighted by Crippen LogP contribution is 2.33. The molecule has 1 N–H and O–H groups in total. The van der Waals surface area contributed by atoms with Crippen LogP contribution in [0.2, 0.25) is 0 Å². The van der Waals surface area contributed by atoms with E-state index in [1.807, 2.05) is 35.9 Å². The van der Waals surface area contributed by atoms with E-state index in [9.17, 15) is 5.11 Å². The molecule has 0 saturated heterocycles. The Kier molecular flexibility index (Phi) is 3.39. The Morgan fingerprint density at radius 3 is 2.71 bits per heavy atom. The minimum atomic E-state index is 0.0241. The summed E-state index contributed by atoms with van der Waals surface area (Å²) < 4.78 is 7.47. The van der Waals surface area contributed by atoms with Crippen LogP contribution in [0.25, 0.3) is 16.9 Å². The van der Waals surface area contributed by atoms with Gasteiger partial charge in [-0.2, -0.15) is 0 Å². The van der Waals surface area contributed by atoms with Crippen LogP contribution in [0.1, 0.15) is 16.7 Å². The van der Waals surface area contributed by atoms with E-state index in [1.54, 1.807) is 7.11 Å². The third kappa shape index (κ3) is 2.38. The molecule has 0 aliphatic carbocycles. The van der Waals surface area contributed by atoms with Crippen molar-refractivity contribution in [3.05, 3.63) is 53.3 Å². The normalized spacial score (nSPS) is 11.0. The van der Waals surface area contributed by atoms with Crippen molar-refractivity contribution < 1.29 is 9.84 Å². The molecule has 0 bridgehead atoms. The summed E-state index contributed by atoms with van der Waals surface area (Å²) in [6.45, 7) is 4.13. The van der Waals surface area contributed by atoms with Gasteiger partial charge in [0.1, 0.15) is 11.4 Å². The second kappa shape index (κ2) is 5.22. The lowest BCUT2D eigenvalue weighted by Crippen LogP contribution is -1.92. The molecule has 2 heterocycles. The molecule has 0 saturated carbocycles. The monoisotopic (exact) mass is 282 g/mol. The summed E-state index contributed by atoms with van der Waals surface area (Å²) in [5, 5.41) is 9.22. The number of benzene rings is 1. The third-order valence-corrected chi connectivity index (χ3v) is 3.59. The molecular formula is C17H18N2O2. The van der Waals surface area contributed by atoms with Gasteiger partial charge in [-0.25, -0.2) is 4.98 Å². The van der Waals surface area contributed by atoms with E-state index in [0.717, 1.165) is 33.8 Å². The summed E-state index contributed by atoms with van der Waals surface area (Å²) in [7, 11) is 1.68. The molecule has 0 radical (unpaired) electrons. The van der Waals surface area contributed by atoms with E-state index in [-0.39, 0.29) is 6.61 Å². The van der Waals surface area contributed by atoms with Gasteiger partial charge in [-0.3, -0.25) is 0 Å². The summed E-state index contributed by atoms with van der Waals surface area (Å²) >= 11 is 0. The predicted octanol–water partition coefficient (Wildman–Crippen LogP) is 3.12. The van der Waals surface area contributed by atoms with Crippen molar-refractivity contribution in [2.45, 2.75) is 20.5 Å². The van der Waals surface area contributed by atoms with Gasteiger partial charge < -0.3 is 14.2 Å². The molecule has 0 atom stereocenters. The zero-order valence-electron chi connectivity index (χ0n) is 12.4. The fourth-order valence-electron chi connectivity index (χ4n) is 2.68. The van der Waals surface area contributed by atoms with E-state index in [1.165, 1.54) is 5.56 Å². The molecule has 0 fully saturated rings. The first-order valence-corrected chi connectivity index (χ1v) is 6.86. The lowest BCUT2D eigenvalue weighted by atomic mass is 10.0. The lowest BCUT2D eigenvalue weighted by Gasteiger charge is -2.10. The molecule has 0 amide bonds. The Hall–Kier alpha value is -2.33. The summed E-state index contributed by atoms with van der Waals surface area (Å²) in [5.41, 5.74) is 5.84. The largest absolute Gasteiger partial charge is 0.496 e. The molecule has 1 aromatic carbocycles. The first kappa shape index (κ1) is 13.6. The summed E-state index contributed by atoms with van der Waals surface area (Å²) in [5.74, 6) is 0.853. The van der Waals surface area contributed by atoms with Crippen molar-refractivity contribution in [3.8, 4) is 17.0 Å². The fraction of sp³-hybridized carbons (Fsp3) is 0.235. The number of aliphatic hydroxyl groups excluding tert-OH is 1. The second-order valence-electron chi connectivity index (χ2n) is 5.25. The van der Waals surface area contributed by atoms with E-state index >= 15 is 0 Å². The van der Waals surface area contributed by atoms with Crippen LogP contribution < -0.4 is 4.74 Å². The van der Waals surface area contributed by atoms with Crippen LogP contribution >= 0.6 is 0 Å². The molecule has 4 nitrogen and oxygen atoms in total. The van der Waals surface area contributed by atoms with E-state index < -0.39 is 0 Å². The number of aromatic nitrogens is 2. The number of aliphatic hydroxyl groups is 1. The van der Waals surface area contributed by atoms with Crippen LogP contribution in [0.3, 0.4) is 0 Å². The molecule has 108 valence electrons. The first-order chi connectivity index (χ1) is 10.1. The molecular weight excluding hydrogens is 264 g/mol. The molecule has 4 heteroatoms. The van der Waals surface area contributed by atoms with Gasteiger partial charge in [0.05, 0.1) is 19.4 Å². The quantitative estimate of drug-likeness (QED) is 0.803. The Morgan fingerprint density at radius 1 is 1.19 bits per heavy atom. The Labute approximate surface area is 123 Å². The molecule has 3 rings (SSSR count).